The van der Waals surface area contributed by atoms with Crippen LogP contribution in [0.3, 0.4) is 0 Å². The maximum Gasteiger partial charge on any atom is 0.472 e. The molecule has 0 aromatic carbocycles. The fourth-order valence-corrected chi connectivity index (χ4v) is 6.43. The van der Waals surface area contributed by atoms with Gasteiger partial charge >= 0.3 is 13.8 Å². The van der Waals surface area contributed by atoms with E-state index in [9.17, 15) is 14.3 Å². The fraction of sp³-hybridized carbons (Fsp3) is 0.875. The molecule has 0 heterocycles. The molecule has 2 atom stereocenters. The molecule has 0 aromatic heterocycles. The standard InChI is InChI=1S/C40H78NO7P/c1-3-5-7-9-11-13-15-17-19-20-22-24-26-28-30-32-35-45-37-39(38-47-49(43,44)46-36-34-41)48-40(42)33-31-29-27-25-23-21-18-16-14-12-10-8-6-4-2/h16,18,32,35,39H,3-15,17,19-31,33-34,36-38,41H2,1-2H3,(H,43,44)/b18-16+,35-32+/t39-/m1/s1. The van der Waals surface area contributed by atoms with E-state index in [4.69, 9.17) is 24.3 Å². The van der Waals surface area contributed by atoms with Crippen molar-refractivity contribution in [3.63, 3.8) is 0 Å². The quantitative estimate of drug-likeness (QED) is 0.0212. The second-order valence-electron chi connectivity index (χ2n) is 13.6. The van der Waals surface area contributed by atoms with E-state index in [0.29, 0.717) is 6.42 Å². The van der Waals surface area contributed by atoms with Crippen LogP contribution in [0.5, 0.6) is 0 Å². The average Bonchev–Trinajstić information content (AvgIpc) is 3.09. The first kappa shape index (κ1) is 47.8. The van der Waals surface area contributed by atoms with Crippen molar-refractivity contribution >= 4 is 13.8 Å². The van der Waals surface area contributed by atoms with Crippen LogP contribution >= 0.6 is 7.82 Å². The highest BCUT2D eigenvalue weighted by Gasteiger charge is 2.25. The van der Waals surface area contributed by atoms with Gasteiger partial charge in [-0.15, -0.1) is 0 Å². The lowest BCUT2D eigenvalue weighted by molar-refractivity contribution is -0.153. The van der Waals surface area contributed by atoms with Gasteiger partial charge in [-0.1, -0.05) is 154 Å². The second-order valence-corrected chi connectivity index (χ2v) is 15.0. The molecule has 0 saturated heterocycles. The SMILES string of the molecule is CCCCCCC/C=C/CCCCCCCC(=O)O[C@H](CO/C=C/CCCCCCCCCCCCCCCC)COP(=O)(O)OCCN. The second kappa shape index (κ2) is 38.1. The third-order valence-electron chi connectivity index (χ3n) is 8.69. The molecule has 0 spiro atoms. The zero-order valence-electron chi connectivity index (χ0n) is 31.9. The van der Waals surface area contributed by atoms with Crippen molar-refractivity contribution in [1.82, 2.24) is 0 Å². The Morgan fingerprint density at radius 1 is 0.612 bits per heavy atom. The zero-order chi connectivity index (χ0) is 35.9. The summed E-state index contributed by atoms with van der Waals surface area (Å²) in [7, 11) is -4.29. The third-order valence-corrected chi connectivity index (χ3v) is 9.67. The van der Waals surface area contributed by atoms with Crippen LogP contribution in [0, 0.1) is 0 Å². The van der Waals surface area contributed by atoms with Gasteiger partial charge < -0.3 is 20.1 Å². The molecular weight excluding hydrogens is 637 g/mol. The minimum Gasteiger partial charge on any atom is -0.498 e. The van der Waals surface area contributed by atoms with Crippen LogP contribution in [0.25, 0.3) is 0 Å². The molecular formula is C40H78NO7P. The van der Waals surface area contributed by atoms with Gasteiger partial charge in [-0.3, -0.25) is 13.8 Å². The van der Waals surface area contributed by atoms with Crippen LogP contribution in [0.2, 0.25) is 0 Å². The molecule has 0 amide bonds. The Balaban J connectivity index is 4.11. The number of esters is 1. The number of phosphoric acid groups is 1. The largest absolute Gasteiger partial charge is 0.498 e. The van der Waals surface area contributed by atoms with Crippen molar-refractivity contribution in [2.24, 2.45) is 5.73 Å². The smallest absolute Gasteiger partial charge is 0.472 e. The predicted molar refractivity (Wildman–Crippen MR) is 206 cm³/mol. The van der Waals surface area contributed by atoms with Crippen molar-refractivity contribution in [3.05, 3.63) is 24.5 Å². The summed E-state index contributed by atoms with van der Waals surface area (Å²) in [5.74, 6) is -0.360. The molecule has 0 bridgehead atoms. The van der Waals surface area contributed by atoms with E-state index in [2.05, 4.69) is 26.0 Å². The molecule has 290 valence electrons. The van der Waals surface area contributed by atoms with Gasteiger partial charge in [0.1, 0.15) is 6.61 Å². The van der Waals surface area contributed by atoms with Gasteiger partial charge in [0.25, 0.3) is 0 Å². The van der Waals surface area contributed by atoms with Gasteiger partial charge in [-0.05, 0) is 51.0 Å². The fourth-order valence-electron chi connectivity index (χ4n) is 5.66. The Morgan fingerprint density at radius 3 is 1.51 bits per heavy atom. The van der Waals surface area contributed by atoms with E-state index < -0.39 is 13.9 Å². The highest BCUT2D eigenvalue weighted by atomic mass is 31.2. The summed E-state index contributed by atoms with van der Waals surface area (Å²) < 4.78 is 33.1. The normalized spacial score (nSPS) is 13.7. The van der Waals surface area contributed by atoms with Crippen LogP contribution < -0.4 is 5.73 Å². The van der Waals surface area contributed by atoms with Crippen LogP contribution in [0.15, 0.2) is 24.5 Å². The zero-order valence-corrected chi connectivity index (χ0v) is 32.8. The Kier molecular flexibility index (Phi) is 37.1. The molecule has 9 heteroatoms. The topological polar surface area (TPSA) is 117 Å². The van der Waals surface area contributed by atoms with E-state index >= 15 is 0 Å². The summed E-state index contributed by atoms with van der Waals surface area (Å²) in [5.41, 5.74) is 5.35. The Bertz CT molecular complexity index is 807. The van der Waals surface area contributed by atoms with Crippen LogP contribution in [0.4, 0.5) is 0 Å². The molecule has 49 heavy (non-hydrogen) atoms. The lowest BCUT2D eigenvalue weighted by Gasteiger charge is -2.19. The van der Waals surface area contributed by atoms with E-state index in [-0.39, 0.29) is 32.3 Å². The molecule has 1 unspecified atom stereocenters. The molecule has 0 radical (unpaired) electrons. The first-order chi connectivity index (χ1) is 23.9. The molecule has 0 saturated carbocycles. The predicted octanol–water partition coefficient (Wildman–Crippen LogP) is 12.0. The number of rotatable bonds is 39. The first-order valence-electron chi connectivity index (χ1n) is 20.4. The van der Waals surface area contributed by atoms with Crippen LogP contribution in [-0.4, -0.2) is 43.3 Å². The van der Waals surface area contributed by atoms with Gasteiger partial charge in [0.05, 0.1) is 19.5 Å². The molecule has 0 aromatic rings. The number of hydrogen-bond donors (Lipinski definition) is 2. The maximum atomic E-state index is 12.5. The monoisotopic (exact) mass is 716 g/mol. The Hall–Kier alpha value is -1.18. The molecule has 0 rings (SSSR count). The number of hydrogen-bond acceptors (Lipinski definition) is 7. The number of ether oxygens (including phenoxy) is 2. The minimum absolute atomic E-state index is 0.0319. The van der Waals surface area contributed by atoms with E-state index in [0.717, 1.165) is 44.9 Å². The number of phosphoric ester groups is 1. The van der Waals surface area contributed by atoms with Crippen molar-refractivity contribution in [1.29, 1.82) is 0 Å². The molecule has 0 aliphatic heterocycles. The number of carbonyl (C=O) groups excluding carboxylic acids is 1. The van der Waals surface area contributed by atoms with Gasteiger partial charge in [0.2, 0.25) is 0 Å². The summed E-state index contributed by atoms with van der Waals surface area (Å²) >= 11 is 0. The first-order valence-corrected chi connectivity index (χ1v) is 21.9. The summed E-state index contributed by atoms with van der Waals surface area (Å²) in [5, 5.41) is 0. The van der Waals surface area contributed by atoms with Gasteiger partial charge in [-0.25, -0.2) is 4.57 Å². The molecule has 0 fully saturated rings. The lowest BCUT2D eigenvalue weighted by atomic mass is 10.0. The number of allylic oxidation sites excluding steroid dienone is 3. The highest BCUT2D eigenvalue weighted by molar-refractivity contribution is 7.47. The maximum absolute atomic E-state index is 12.5. The van der Waals surface area contributed by atoms with Gasteiger partial charge in [0, 0.05) is 13.0 Å². The van der Waals surface area contributed by atoms with Crippen molar-refractivity contribution in [2.45, 2.75) is 200 Å². The molecule has 8 nitrogen and oxygen atoms in total. The number of carbonyl (C=O) groups is 1. The number of unbranched alkanes of at least 4 members (excludes halogenated alkanes) is 24. The summed E-state index contributed by atoms with van der Waals surface area (Å²) in [6.45, 7) is 4.23. The third kappa shape index (κ3) is 37.9. The number of nitrogens with two attached hydrogens (primary N) is 1. The summed E-state index contributed by atoms with van der Waals surface area (Å²) in [6, 6.07) is 0. The summed E-state index contributed by atoms with van der Waals surface area (Å²) in [4.78, 5) is 22.4. The summed E-state index contributed by atoms with van der Waals surface area (Å²) in [6.07, 6.45) is 41.4. The van der Waals surface area contributed by atoms with Crippen molar-refractivity contribution in [2.75, 3.05) is 26.4 Å². The van der Waals surface area contributed by atoms with Gasteiger partial charge in [0.15, 0.2) is 6.10 Å². The van der Waals surface area contributed by atoms with Crippen LogP contribution in [-0.2, 0) is 27.9 Å². The minimum atomic E-state index is -4.29. The van der Waals surface area contributed by atoms with Gasteiger partial charge in [-0.2, -0.15) is 0 Å². The molecule has 0 aliphatic carbocycles. The van der Waals surface area contributed by atoms with E-state index in [1.54, 1.807) is 6.26 Å². The molecule has 3 N–H and O–H groups in total. The molecule has 0 aliphatic rings. The highest BCUT2D eigenvalue weighted by Crippen LogP contribution is 2.43. The Morgan fingerprint density at radius 2 is 1.04 bits per heavy atom. The van der Waals surface area contributed by atoms with Crippen LogP contribution in [0.1, 0.15) is 194 Å². The Labute approximate surface area is 302 Å². The van der Waals surface area contributed by atoms with Crippen molar-refractivity contribution in [3.8, 4) is 0 Å². The van der Waals surface area contributed by atoms with E-state index in [1.807, 2.05) is 6.08 Å². The lowest BCUT2D eigenvalue weighted by Crippen LogP contribution is -2.27. The average molecular weight is 716 g/mol. The van der Waals surface area contributed by atoms with E-state index in [1.165, 1.54) is 128 Å². The van der Waals surface area contributed by atoms with Crippen molar-refractivity contribution < 1.29 is 32.8 Å².